The molecule has 2 amide bonds. The number of unbranched alkanes of at least 4 members (excludes halogenated alkanes) is 3. The highest BCUT2D eigenvalue weighted by molar-refractivity contribution is 5.78. The van der Waals surface area contributed by atoms with Gasteiger partial charge in [0.25, 0.3) is 0 Å². The Kier molecular flexibility index (Phi) is 12.0. The van der Waals surface area contributed by atoms with E-state index < -0.39 is 5.91 Å². The SMILES string of the molecule is CCCCCCC(C)C(=O)NCc1cccc(-c2ccc(CCC(=O)NO)cc2OCCC2CCC2)c1. The summed E-state index contributed by atoms with van der Waals surface area (Å²) in [4.78, 5) is 24.1. The summed E-state index contributed by atoms with van der Waals surface area (Å²) in [5.41, 5.74) is 5.77. The fraction of sp³-hybridized carbons (Fsp3) is 0.548. The lowest BCUT2D eigenvalue weighted by atomic mass is 9.83. The molecule has 6 heteroatoms. The van der Waals surface area contributed by atoms with E-state index in [0.29, 0.717) is 19.6 Å². The molecule has 0 heterocycles. The van der Waals surface area contributed by atoms with Gasteiger partial charge in [0.05, 0.1) is 6.61 Å². The average molecular weight is 509 g/mol. The standard InChI is InChI=1S/C31H44N2O4/c1-3-4-5-6-9-23(2)31(35)32-22-26-12-8-13-27(20-26)28-16-14-25(15-17-30(34)33-36)21-29(28)37-19-18-24-10-7-11-24/h8,12-14,16,20-21,23-24,36H,3-7,9-11,15,17-19,22H2,1-2H3,(H,32,35)(H,33,34). The molecular weight excluding hydrogens is 464 g/mol. The zero-order chi connectivity index (χ0) is 26.5. The predicted octanol–water partition coefficient (Wildman–Crippen LogP) is 6.58. The van der Waals surface area contributed by atoms with Gasteiger partial charge in [0.1, 0.15) is 5.75 Å². The second kappa shape index (κ2) is 15.4. The molecule has 3 N–H and O–H groups in total. The molecule has 1 fully saturated rings. The summed E-state index contributed by atoms with van der Waals surface area (Å²) in [5.74, 6) is 1.31. The Balaban J connectivity index is 1.66. The number of nitrogens with one attached hydrogen (secondary N) is 2. The van der Waals surface area contributed by atoms with Gasteiger partial charge in [-0.25, -0.2) is 5.48 Å². The maximum absolute atomic E-state index is 12.6. The highest BCUT2D eigenvalue weighted by Crippen LogP contribution is 2.34. The smallest absolute Gasteiger partial charge is 0.243 e. The maximum Gasteiger partial charge on any atom is 0.243 e. The van der Waals surface area contributed by atoms with Crippen LogP contribution in [0.1, 0.15) is 89.2 Å². The van der Waals surface area contributed by atoms with Crippen molar-refractivity contribution in [2.24, 2.45) is 11.8 Å². The van der Waals surface area contributed by atoms with E-state index in [1.165, 1.54) is 38.5 Å². The van der Waals surface area contributed by atoms with Crippen LogP contribution >= 0.6 is 0 Å². The molecule has 2 aromatic rings. The van der Waals surface area contributed by atoms with Gasteiger partial charge in [-0.05, 0) is 54.0 Å². The number of carbonyl (C=O) groups excluding carboxylic acids is 2. The van der Waals surface area contributed by atoms with Gasteiger partial charge in [0, 0.05) is 24.4 Å². The summed E-state index contributed by atoms with van der Waals surface area (Å²) < 4.78 is 6.28. The number of carbonyl (C=O) groups is 2. The van der Waals surface area contributed by atoms with E-state index in [9.17, 15) is 9.59 Å². The third-order valence-electron chi connectivity index (χ3n) is 7.46. The molecule has 3 rings (SSSR count). The van der Waals surface area contributed by atoms with Crippen LogP contribution in [-0.2, 0) is 22.6 Å². The van der Waals surface area contributed by atoms with Crippen molar-refractivity contribution in [2.75, 3.05) is 6.61 Å². The topological polar surface area (TPSA) is 87.7 Å². The van der Waals surface area contributed by atoms with Crippen LogP contribution < -0.4 is 15.5 Å². The minimum absolute atomic E-state index is 0.0242. The van der Waals surface area contributed by atoms with E-state index in [0.717, 1.165) is 53.2 Å². The summed E-state index contributed by atoms with van der Waals surface area (Å²) in [6, 6.07) is 14.3. The fourth-order valence-corrected chi connectivity index (χ4v) is 4.73. The molecular formula is C31H44N2O4. The Morgan fingerprint density at radius 2 is 1.92 bits per heavy atom. The Morgan fingerprint density at radius 3 is 2.65 bits per heavy atom. The van der Waals surface area contributed by atoms with Crippen LogP contribution in [0.25, 0.3) is 11.1 Å². The minimum Gasteiger partial charge on any atom is -0.493 e. The van der Waals surface area contributed by atoms with Crippen molar-refractivity contribution in [3.8, 4) is 16.9 Å². The Hall–Kier alpha value is -2.86. The Morgan fingerprint density at radius 1 is 1.08 bits per heavy atom. The van der Waals surface area contributed by atoms with E-state index in [2.05, 4.69) is 24.4 Å². The zero-order valence-electron chi connectivity index (χ0n) is 22.6. The van der Waals surface area contributed by atoms with Gasteiger partial charge in [-0.3, -0.25) is 14.8 Å². The number of rotatable bonds is 16. The van der Waals surface area contributed by atoms with Crippen molar-refractivity contribution in [1.82, 2.24) is 10.8 Å². The van der Waals surface area contributed by atoms with Gasteiger partial charge >= 0.3 is 0 Å². The molecule has 0 saturated heterocycles. The number of hydrogen-bond acceptors (Lipinski definition) is 4. The van der Waals surface area contributed by atoms with Crippen LogP contribution in [0.2, 0.25) is 0 Å². The molecule has 1 atom stereocenters. The summed E-state index contributed by atoms with van der Waals surface area (Å²) in [5, 5.41) is 11.9. The third-order valence-corrected chi connectivity index (χ3v) is 7.46. The first-order valence-corrected chi connectivity index (χ1v) is 14.1. The highest BCUT2D eigenvalue weighted by atomic mass is 16.5. The van der Waals surface area contributed by atoms with Crippen molar-refractivity contribution in [1.29, 1.82) is 0 Å². The highest BCUT2D eigenvalue weighted by Gasteiger charge is 2.18. The van der Waals surface area contributed by atoms with E-state index in [1.807, 2.05) is 37.3 Å². The number of hydrogen-bond donors (Lipinski definition) is 3. The predicted molar refractivity (Wildman–Crippen MR) is 147 cm³/mol. The Labute approximate surface area is 222 Å². The van der Waals surface area contributed by atoms with Gasteiger partial charge in [-0.15, -0.1) is 0 Å². The number of benzene rings is 2. The average Bonchev–Trinajstić information content (AvgIpc) is 2.89. The second-order valence-corrected chi connectivity index (χ2v) is 10.5. The first-order chi connectivity index (χ1) is 18.0. The van der Waals surface area contributed by atoms with Crippen LogP contribution in [0.4, 0.5) is 0 Å². The zero-order valence-corrected chi connectivity index (χ0v) is 22.6. The summed E-state index contributed by atoms with van der Waals surface area (Å²) >= 11 is 0. The lowest BCUT2D eigenvalue weighted by Gasteiger charge is -2.25. The molecule has 0 aromatic heterocycles. The van der Waals surface area contributed by atoms with Crippen LogP contribution in [0.5, 0.6) is 5.75 Å². The van der Waals surface area contributed by atoms with Crippen LogP contribution in [0.15, 0.2) is 42.5 Å². The minimum atomic E-state index is -0.401. The fourth-order valence-electron chi connectivity index (χ4n) is 4.73. The molecule has 0 spiro atoms. The lowest BCUT2D eigenvalue weighted by Crippen LogP contribution is -2.28. The van der Waals surface area contributed by atoms with E-state index in [4.69, 9.17) is 9.94 Å². The monoisotopic (exact) mass is 508 g/mol. The molecule has 0 bridgehead atoms. The van der Waals surface area contributed by atoms with Gasteiger partial charge in [0.15, 0.2) is 0 Å². The van der Waals surface area contributed by atoms with Crippen molar-refractivity contribution in [3.63, 3.8) is 0 Å². The normalized spacial score (nSPS) is 14.0. The van der Waals surface area contributed by atoms with Crippen LogP contribution in [0.3, 0.4) is 0 Å². The first kappa shape index (κ1) is 28.7. The molecule has 2 aromatic carbocycles. The first-order valence-electron chi connectivity index (χ1n) is 14.1. The number of hydroxylamine groups is 1. The number of aryl methyl sites for hydroxylation is 1. The summed E-state index contributed by atoms with van der Waals surface area (Å²) in [6.07, 6.45) is 11.3. The lowest BCUT2D eigenvalue weighted by molar-refractivity contribution is -0.129. The second-order valence-electron chi connectivity index (χ2n) is 10.5. The van der Waals surface area contributed by atoms with E-state index in [1.54, 1.807) is 5.48 Å². The molecule has 1 aliphatic carbocycles. The van der Waals surface area contributed by atoms with E-state index >= 15 is 0 Å². The molecule has 1 unspecified atom stereocenters. The maximum atomic E-state index is 12.6. The molecule has 0 radical (unpaired) electrons. The van der Waals surface area contributed by atoms with E-state index in [-0.39, 0.29) is 18.2 Å². The van der Waals surface area contributed by atoms with Gasteiger partial charge in [0.2, 0.25) is 11.8 Å². The van der Waals surface area contributed by atoms with Crippen molar-refractivity contribution in [3.05, 3.63) is 53.6 Å². The molecule has 37 heavy (non-hydrogen) atoms. The van der Waals surface area contributed by atoms with Crippen LogP contribution in [-0.4, -0.2) is 23.6 Å². The Bertz CT molecular complexity index is 1000. The summed E-state index contributed by atoms with van der Waals surface area (Å²) in [7, 11) is 0. The van der Waals surface area contributed by atoms with Gasteiger partial charge in [-0.2, -0.15) is 0 Å². The van der Waals surface area contributed by atoms with Crippen molar-refractivity contribution >= 4 is 11.8 Å². The van der Waals surface area contributed by atoms with Crippen molar-refractivity contribution < 1.29 is 19.5 Å². The number of ether oxygens (including phenoxy) is 1. The molecule has 6 nitrogen and oxygen atoms in total. The van der Waals surface area contributed by atoms with Crippen LogP contribution in [0, 0.1) is 11.8 Å². The number of amides is 2. The van der Waals surface area contributed by atoms with Gasteiger partial charge < -0.3 is 10.1 Å². The molecule has 1 saturated carbocycles. The van der Waals surface area contributed by atoms with Crippen molar-refractivity contribution in [2.45, 2.75) is 91.0 Å². The van der Waals surface area contributed by atoms with Gasteiger partial charge in [-0.1, -0.05) is 89.1 Å². The molecule has 202 valence electrons. The summed E-state index contributed by atoms with van der Waals surface area (Å²) in [6.45, 7) is 5.38. The molecule has 1 aliphatic rings. The third kappa shape index (κ3) is 9.51. The largest absolute Gasteiger partial charge is 0.493 e. The molecule has 0 aliphatic heterocycles. The quantitative estimate of drug-likeness (QED) is 0.136.